The number of nitrogens with zero attached hydrogens (tertiary/aromatic N) is 3. The molecule has 4 fully saturated rings. The zero-order valence-corrected chi connectivity index (χ0v) is 34.6. The highest BCUT2D eigenvalue weighted by molar-refractivity contribution is 7.52. The van der Waals surface area contributed by atoms with Gasteiger partial charge in [0.1, 0.15) is 17.8 Å². The normalized spacial score (nSPS) is 24.0. The molecule has 0 spiro atoms. The predicted octanol–water partition coefficient (Wildman–Crippen LogP) is 4.23. The summed E-state index contributed by atoms with van der Waals surface area (Å²) >= 11 is 0. The van der Waals surface area contributed by atoms with Crippen LogP contribution >= 0.6 is 7.60 Å². The van der Waals surface area contributed by atoms with Crippen molar-refractivity contribution in [2.45, 2.75) is 102 Å². The SMILES string of the molecule is CCCP(=O)(O)OC1(C(=O)N2C[C@H](NC(=O)[C@@H]3C[C@H](F)CN3C(=O)OC(C)(C)C)C[C@@H]2CNC(=O)c2ccc(C#Cc3ccc(CN4CCOCC4)cc3)cc2)CC1. The van der Waals surface area contributed by atoms with Crippen molar-refractivity contribution >= 4 is 31.4 Å². The fourth-order valence-electron chi connectivity index (χ4n) is 7.51. The molecular formula is C42H55FN5O9P. The molecule has 3 aliphatic heterocycles. The standard InChI is InChI=1S/C42H55FN5O9P/c1-5-22-58(53,54)57-42(16-17-42)39(51)47-28-34(45-38(50)36-23-33(43)27-48(36)40(52)56-41(2,3)4)24-35(47)25-44-37(49)32-14-12-30(13-15-32)7-6-29-8-10-31(11-9-29)26-46-18-20-55-21-19-46/h8-15,33-36H,5,16-28H2,1-4H3,(H,44,49)(H,45,50)(H,53,54)/t33-,34+,35+,36-/m0/s1. The van der Waals surface area contributed by atoms with Crippen LogP contribution in [0.2, 0.25) is 0 Å². The average Bonchev–Trinajstić information content (AvgIpc) is 3.65. The maximum Gasteiger partial charge on any atom is 0.411 e. The van der Waals surface area contributed by atoms with Crippen molar-refractivity contribution in [2.75, 3.05) is 52.1 Å². The van der Waals surface area contributed by atoms with Gasteiger partial charge in [0, 0.05) is 68.0 Å². The molecule has 3 N–H and O–H groups in total. The minimum Gasteiger partial charge on any atom is -0.444 e. The first kappa shape index (κ1) is 43.3. The van der Waals surface area contributed by atoms with E-state index in [9.17, 15) is 33.0 Å². The molecule has 14 nitrogen and oxygen atoms in total. The van der Waals surface area contributed by atoms with Crippen molar-refractivity contribution in [1.29, 1.82) is 0 Å². The van der Waals surface area contributed by atoms with Gasteiger partial charge in [-0.15, -0.1) is 0 Å². The van der Waals surface area contributed by atoms with E-state index in [-0.39, 0.29) is 57.4 Å². The molecule has 1 saturated carbocycles. The summed E-state index contributed by atoms with van der Waals surface area (Å²) in [6.45, 7) is 10.7. The molecule has 2 aromatic rings. The van der Waals surface area contributed by atoms with Crippen LogP contribution in [-0.4, -0.2) is 131 Å². The Morgan fingerprint density at radius 3 is 2.21 bits per heavy atom. The Morgan fingerprint density at radius 2 is 1.60 bits per heavy atom. The minimum atomic E-state index is -4.05. The number of hydrogen-bond acceptors (Lipinski definition) is 9. The minimum absolute atomic E-state index is 0.0157. The van der Waals surface area contributed by atoms with Crippen LogP contribution in [0.4, 0.5) is 9.18 Å². The van der Waals surface area contributed by atoms with Crippen LogP contribution in [0.3, 0.4) is 0 Å². The maximum atomic E-state index is 14.6. The van der Waals surface area contributed by atoms with Crippen LogP contribution in [0.25, 0.3) is 0 Å². The predicted molar refractivity (Wildman–Crippen MR) is 214 cm³/mol. The molecule has 314 valence electrons. The molecule has 6 rings (SSSR count). The lowest BCUT2D eigenvalue weighted by Gasteiger charge is -2.30. The summed E-state index contributed by atoms with van der Waals surface area (Å²) in [6, 6.07) is 12.7. The number of amides is 4. The quantitative estimate of drug-likeness (QED) is 0.208. The highest BCUT2D eigenvalue weighted by atomic mass is 31.2. The third-order valence-corrected chi connectivity index (χ3v) is 12.2. The van der Waals surface area contributed by atoms with Crippen LogP contribution < -0.4 is 10.6 Å². The number of halogens is 1. The fourth-order valence-corrected chi connectivity index (χ4v) is 8.97. The topological polar surface area (TPSA) is 167 Å². The molecule has 3 heterocycles. The van der Waals surface area contributed by atoms with Crippen LogP contribution in [0, 0.1) is 11.8 Å². The number of likely N-dealkylation sites (tertiary alicyclic amines) is 2. The molecule has 5 atom stereocenters. The third kappa shape index (κ3) is 11.4. The van der Waals surface area contributed by atoms with Gasteiger partial charge in [-0.1, -0.05) is 30.9 Å². The van der Waals surface area contributed by atoms with Crippen molar-refractivity contribution in [3.05, 3.63) is 70.8 Å². The lowest BCUT2D eigenvalue weighted by atomic mass is 10.1. The van der Waals surface area contributed by atoms with Gasteiger partial charge in [0.2, 0.25) is 5.91 Å². The van der Waals surface area contributed by atoms with E-state index in [1.165, 1.54) is 10.5 Å². The Kier molecular flexibility index (Phi) is 13.7. The zero-order chi connectivity index (χ0) is 41.7. The van der Waals surface area contributed by atoms with Crippen LogP contribution in [-0.2, 0) is 34.7 Å². The summed E-state index contributed by atoms with van der Waals surface area (Å²) in [4.78, 5) is 69.2. The lowest BCUT2D eigenvalue weighted by molar-refractivity contribution is -0.142. The summed E-state index contributed by atoms with van der Waals surface area (Å²) < 4.78 is 43.8. The number of alkyl halides is 1. The van der Waals surface area contributed by atoms with E-state index in [2.05, 4.69) is 39.5 Å². The van der Waals surface area contributed by atoms with Gasteiger partial charge in [0.05, 0.1) is 25.8 Å². The second-order valence-electron chi connectivity index (χ2n) is 16.6. The Hall–Kier alpha value is -4.32. The Morgan fingerprint density at radius 1 is 0.966 bits per heavy atom. The highest BCUT2D eigenvalue weighted by Crippen LogP contribution is 2.56. The van der Waals surface area contributed by atoms with E-state index in [1.807, 2.05) is 12.1 Å². The molecule has 1 aliphatic carbocycles. The molecular weight excluding hydrogens is 768 g/mol. The van der Waals surface area contributed by atoms with Crippen molar-refractivity contribution in [1.82, 2.24) is 25.3 Å². The Balaban J connectivity index is 1.09. The Bertz CT molecular complexity index is 1920. The van der Waals surface area contributed by atoms with Gasteiger partial charge in [-0.3, -0.25) is 33.3 Å². The zero-order valence-electron chi connectivity index (χ0n) is 33.7. The fraction of sp³-hybridized carbons (Fsp3) is 0.571. The summed E-state index contributed by atoms with van der Waals surface area (Å²) in [6.07, 6.45) is -1.38. The van der Waals surface area contributed by atoms with Gasteiger partial charge in [-0.05, 0) is 88.4 Å². The number of rotatable bonds is 12. The lowest BCUT2D eigenvalue weighted by Crippen LogP contribution is -2.51. The monoisotopic (exact) mass is 823 g/mol. The number of hydrogen-bond donors (Lipinski definition) is 3. The Labute approximate surface area is 339 Å². The van der Waals surface area contributed by atoms with Crippen molar-refractivity contribution in [3.63, 3.8) is 0 Å². The second kappa shape index (κ2) is 18.3. The van der Waals surface area contributed by atoms with E-state index in [4.69, 9.17) is 14.0 Å². The van der Waals surface area contributed by atoms with Crippen molar-refractivity contribution in [2.24, 2.45) is 0 Å². The molecule has 4 amide bonds. The van der Waals surface area contributed by atoms with Crippen molar-refractivity contribution in [3.8, 4) is 11.8 Å². The number of benzene rings is 2. The first-order chi connectivity index (χ1) is 27.5. The van der Waals surface area contributed by atoms with Crippen molar-refractivity contribution < 1.29 is 47.0 Å². The van der Waals surface area contributed by atoms with Gasteiger partial charge in [0.15, 0.2) is 5.60 Å². The van der Waals surface area contributed by atoms with Gasteiger partial charge < -0.3 is 29.9 Å². The van der Waals surface area contributed by atoms with Crippen LogP contribution in [0.1, 0.15) is 86.8 Å². The van der Waals surface area contributed by atoms with Gasteiger partial charge in [-0.2, -0.15) is 0 Å². The first-order valence-corrected chi connectivity index (χ1v) is 21.9. The van der Waals surface area contributed by atoms with E-state index in [0.29, 0.717) is 12.0 Å². The molecule has 16 heteroatoms. The van der Waals surface area contributed by atoms with Crippen LogP contribution in [0.15, 0.2) is 48.5 Å². The average molecular weight is 824 g/mol. The number of carbonyl (C=O) groups is 4. The summed E-state index contributed by atoms with van der Waals surface area (Å²) in [5.41, 5.74) is 0.876. The molecule has 58 heavy (non-hydrogen) atoms. The van der Waals surface area contributed by atoms with E-state index in [0.717, 1.165) is 48.9 Å². The number of morpholine rings is 1. The summed E-state index contributed by atoms with van der Waals surface area (Å²) in [7, 11) is -4.05. The molecule has 1 unspecified atom stereocenters. The van der Waals surface area contributed by atoms with Gasteiger partial charge in [0.25, 0.3) is 11.8 Å². The summed E-state index contributed by atoms with van der Waals surface area (Å²) in [5, 5.41) is 5.79. The van der Waals surface area contributed by atoms with E-state index >= 15 is 0 Å². The van der Waals surface area contributed by atoms with Gasteiger partial charge >= 0.3 is 13.7 Å². The first-order valence-electron chi connectivity index (χ1n) is 20.1. The number of ether oxygens (including phenoxy) is 2. The summed E-state index contributed by atoms with van der Waals surface area (Å²) in [5.74, 6) is 4.85. The third-order valence-electron chi connectivity index (χ3n) is 10.6. The molecule has 3 saturated heterocycles. The van der Waals surface area contributed by atoms with E-state index in [1.54, 1.807) is 52.0 Å². The molecule has 4 aliphatic rings. The number of carbonyl (C=O) groups excluding carboxylic acids is 4. The van der Waals surface area contributed by atoms with Crippen LogP contribution in [0.5, 0.6) is 0 Å². The second-order valence-corrected chi connectivity index (χ2v) is 18.5. The largest absolute Gasteiger partial charge is 0.444 e. The number of nitrogens with one attached hydrogen (secondary N) is 2. The molecule has 0 radical (unpaired) electrons. The van der Waals surface area contributed by atoms with E-state index < -0.39 is 61.0 Å². The smallest absolute Gasteiger partial charge is 0.411 e. The van der Waals surface area contributed by atoms with Gasteiger partial charge in [-0.25, -0.2) is 9.18 Å². The molecule has 0 bridgehead atoms. The maximum absolute atomic E-state index is 14.6. The highest BCUT2D eigenvalue weighted by Gasteiger charge is 2.58. The molecule has 2 aromatic carbocycles. The molecule has 0 aromatic heterocycles.